The van der Waals surface area contributed by atoms with E-state index in [1.165, 1.54) is 10.8 Å². The lowest BCUT2D eigenvalue weighted by Crippen LogP contribution is -1.82. The van der Waals surface area contributed by atoms with Gasteiger partial charge in [0, 0.05) is 45.6 Å². The summed E-state index contributed by atoms with van der Waals surface area (Å²) in [6.07, 6.45) is 7.97. The number of halogens is 1. The van der Waals surface area contributed by atoms with Gasteiger partial charge in [0.15, 0.2) is 6.29 Å². The molecule has 3 nitrogen and oxygen atoms in total. The second-order valence-corrected chi connectivity index (χ2v) is 5.75. The molecule has 4 rings (SSSR count). The molecule has 2 aromatic heterocycles. The van der Waals surface area contributed by atoms with E-state index in [1.54, 1.807) is 24.7 Å². The molecular formula is C21H21BrN2O. The van der Waals surface area contributed by atoms with Crippen molar-refractivity contribution in [3.63, 3.8) is 0 Å². The molecule has 0 radical (unpaired) electrons. The summed E-state index contributed by atoms with van der Waals surface area (Å²) >= 11 is 3.47. The fourth-order valence-corrected chi connectivity index (χ4v) is 2.85. The van der Waals surface area contributed by atoms with Gasteiger partial charge in [0.2, 0.25) is 0 Å². The molecule has 0 saturated heterocycles. The summed E-state index contributed by atoms with van der Waals surface area (Å²) in [6.45, 7) is 0. The van der Waals surface area contributed by atoms with Crippen LogP contribution in [0.1, 0.15) is 25.2 Å². The van der Waals surface area contributed by atoms with E-state index in [1.807, 2.05) is 48.7 Å². The molecule has 0 aliphatic heterocycles. The van der Waals surface area contributed by atoms with E-state index >= 15 is 0 Å². The van der Waals surface area contributed by atoms with Crippen molar-refractivity contribution in [2.45, 2.75) is 14.9 Å². The number of hydrogen-bond acceptors (Lipinski definition) is 3. The van der Waals surface area contributed by atoms with Crippen LogP contribution < -0.4 is 0 Å². The van der Waals surface area contributed by atoms with Crippen LogP contribution in [0.15, 0.2) is 77.8 Å². The molecule has 4 heteroatoms. The number of benzene rings is 2. The molecule has 2 aromatic carbocycles. The number of nitrogens with zero attached hydrogens (tertiary/aromatic N) is 2. The minimum absolute atomic E-state index is 0. The number of aldehydes is 1. The molecule has 0 saturated carbocycles. The largest absolute Gasteiger partial charge is 0.298 e. The third-order valence-electron chi connectivity index (χ3n) is 3.47. The predicted molar refractivity (Wildman–Crippen MR) is 110 cm³/mol. The van der Waals surface area contributed by atoms with E-state index in [4.69, 9.17) is 0 Å². The minimum atomic E-state index is 0. The topological polar surface area (TPSA) is 42.9 Å². The fraction of sp³-hybridized carbons (Fsp3) is 0.0952. The number of carbonyl (C=O) groups is 1. The van der Waals surface area contributed by atoms with Crippen molar-refractivity contribution in [2.75, 3.05) is 0 Å². The summed E-state index contributed by atoms with van der Waals surface area (Å²) in [5.74, 6) is 0. The van der Waals surface area contributed by atoms with Crippen molar-refractivity contribution in [3.8, 4) is 0 Å². The van der Waals surface area contributed by atoms with Crippen LogP contribution in [0, 0.1) is 0 Å². The van der Waals surface area contributed by atoms with E-state index in [2.05, 4.69) is 25.9 Å². The van der Waals surface area contributed by atoms with E-state index in [-0.39, 0.29) is 14.9 Å². The molecule has 25 heavy (non-hydrogen) atoms. The van der Waals surface area contributed by atoms with E-state index in [9.17, 15) is 4.79 Å². The molecule has 0 spiro atoms. The summed E-state index contributed by atoms with van der Waals surface area (Å²) in [7, 11) is 0. The van der Waals surface area contributed by atoms with E-state index < -0.39 is 0 Å². The van der Waals surface area contributed by atoms with Crippen molar-refractivity contribution >= 4 is 43.8 Å². The number of pyridine rings is 2. The molecule has 0 unspecified atom stereocenters. The first-order valence-corrected chi connectivity index (χ1v) is 7.85. The molecule has 0 amide bonds. The maximum absolute atomic E-state index is 10.6. The standard InChI is InChI=1S/C10H7NO.C9H6BrN.2CH4/c12-7-9-3-1-2-8-6-11-5-4-10(8)9;10-9-3-1-2-7-6-11-5-4-8(7)9;;/h1-7H;1-6H;2*1H4. The highest BCUT2D eigenvalue weighted by molar-refractivity contribution is 9.10. The summed E-state index contributed by atoms with van der Waals surface area (Å²) in [5.41, 5.74) is 0.718. The second-order valence-electron chi connectivity index (χ2n) is 4.90. The van der Waals surface area contributed by atoms with Crippen molar-refractivity contribution < 1.29 is 4.79 Å². The summed E-state index contributed by atoms with van der Waals surface area (Å²) < 4.78 is 1.12. The Hall–Kier alpha value is -2.59. The Morgan fingerprint density at radius 1 is 0.760 bits per heavy atom. The van der Waals surface area contributed by atoms with Gasteiger partial charge in [0.25, 0.3) is 0 Å². The van der Waals surface area contributed by atoms with Crippen molar-refractivity contribution in [3.05, 3.63) is 83.4 Å². The van der Waals surface area contributed by atoms with Gasteiger partial charge in [-0.15, -0.1) is 0 Å². The lowest BCUT2D eigenvalue weighted by molar-refractivity contribution is 0.112. The normalized spacial score (nSPS) is 9.32. The van der Waals surface area contributed by atoms with E-state index in [0.29, 0.717) is 0 Å². The molecular weight excluding hydrogens is 376 g/mol. The van der Waals surface area contributed by atoms with Crippen molar-refractivity contribution in [1.29, 1.82) is 0 Å². The third-order valence-corrected chi connectivity index (χ3v) is 4.16. The quantitative estimate of drug-likeness (QED) is 0.353. The highest BCUT2D eigenvalue weighted by atomic mass is 79.9. The maximum Gasteiger partial charge on any atom is 0.150 e. The Balaban J connectivity index is 0.000000232. The van der Waals surface area contributed by atoms with Gasteiger partial charge in [-0.25, -0.2) is 0 Å². The monoisotopic (exact) mass is 396 g/mol. The number of aromatic nitrogens is 2. The summed E-state index contributed by atoms with van der Waals surface area (Å²) in [5, 5.41) is 4.34. The molecule has 4 aromatic rings. The SMILES string of the molecule is Brc1cccc2cnccc12.C.C.O=Cc1cccc2cnccc12. The first-order valence-electron chi connectivity index (χ1n) is 7.06. The highest BCUT2D eigenvalue weighted by Gasteiger charge is 1.97. The van der Waals surface area contributed by atoms with Crippen LogP contribution in [0.4, 0.5) is 0 Å². The fourth-order valence-electron chi connectivity index (χ4n) is 2.33. The molecule has 0 aliphatic rings. The maximum atomic E-state index is 10.6. The molecule has 0 N–H and O–H groups in total. The van der Waals surface area contributed by atoms with Crippen LogP contribution in [0.3, 0.4) is 0 Å². The third kappa shape index (κ3) is 4.70. The molecule has 0 fully saturated rings. The van der Waals surface area contributed by atoms with Gasteiger partial charge in [0.1, 0.15) is 0 Å². The Labute approximate surface area is 156 Å². The van der Waals surface area contributed by atoms with Crippen molar-refractivity contribution in [1.82, 2.24) is 9.97 Å². The number of carbonyl (C=O) groups excluding carboxylic acids is 1. The van der Waals surface area contributed by atoms with Crippen LogP contribution in [0.25, 0.3) is 21.5 Å². The van der Waals surface area contributed by atoms with Gasteiger partial charge >= 0.3 is 0 Å². The number of rotatable bonds is 1. The predicted octanol–water partition coefficient (Wildman–Crippen LogP) is 6.32. The molecule has 0 atom stereocenters. The Morgan fingerprint density at radius 3 is 1.92 bits per heavy atom. The van der Waals surface area contributed by atoms with Gasteiger partial charge in [-0.2, -0.15) is 0 Å². The lowest BCUT2D eigenvalue weighted by Gasteiger charge is -1.97. The lowest BCUT2D eigenvalue weighted by atomic mass is 10.1. The average molecular weight is 397 g/mol. The summed E-state index contributed by atoms with van der Waals surface area (Å²) in [6, 6.07) is 15.5. The van der Waals surface area contributed by atoms with Gasteiger partial charge < -0.3 is 0 Å². The zero-order valence-corrected chi connectivity index (χ0v) is 13.8. The zero-order chi connectivity index (χ0) is 16.1. The van der Waals surface area contributed by atoms with Gasteiger partial charge in [-0.05, 0) is 29.0 Å². The smallest absolute Gasteiger partial charge is 0.150 e. The molecule has 2 heterocycles. The first-order chi connectivity index (χ1) is 11.3. The Kier molecular flexibility index (Phi) is 7.89. The Bertz CT molecular complexity index is 959. The molecule has 128 valence electrons. The van der Waals surface area contributed by atoms with E-state index in [0.717, 1.165) is 27.1 Å². The summed E-state index contributed by atoms with van der Waals surface area (Å²) in [4.78, 5) is 18.6. The average Bonchev–Trinajstić information content (AvgIpc) is 2.62. The van der Waals surface area contributed by atoms with Crippen LogP contribution in [0.2, 0.25) is 0 Å². The second kappa shape index (κ2) is 9.64. The number of fused-ring (bicyclic) bond motifs is 2. The molecule has 0 aliphatic carbocycles. The van der Waals surface area contributed by atoms with Gasteiger partial charge in [-0.1, -0.05) is 61.1 Å². The van der Waals surface area contributed by atoms with Crippen LogP contribution in [0.5, 0.6) is 0 Å². The van der Waals surface area contributed by atoms with Crippen LogP contribution >= 0.6 is 15.9 Å². The Morgan fingerprint density at radius 2 is 1.32 bits per heavy atom. The zero-order valence-electron chi connectivity index (χ0n) is 12.2. The van der Waals surface area contributed by atoms with Crippen molar-refractivity contribution in [2.24, 2.45) is 0 Å². The van der Waals surface area contributed by atoms with Gasteiger partial charge in [0.05, 0.1) is 0 Å². The van der Waals surface area contributed by atoms with Crippen LogP contribution in [-0.4, -0.2) is 16.3 Å². The number of hydrogen-bond donors (Lipinski definition) is 0. The highest BCUT2D eigenvalue weighted by Crippen LogP contribution is 2.21. The van der Waals surface area contributed by atoms with Crippen LogP contribution in [-0.2, 0) is 0 Å². The minimum Gasteiger partial charge on any atom is -0.298 e. The van der Waals surface area contributed by atoms with Gasteiger partial charge in [-0.3, -0.25) is 14.8 Å². The first kappa shape index (κ1) is 20.5. The molecule has 0 bridgehead atoms.